The van der Waals surface area contributed by atoms with Gasteiger partial charge in [0.25, 0.3) is 0 Å². The van der Waals surface area contributed by atoms with Crippen LogP contribution in [-0.2, 0) is 0 Å². The van der Waals surface area contributed by atoms with Gasteiger partial charge in [-0.05, 0) is 31.0 Å². The summed E-state index contributed by atoms with van der Waals surface area (Å²) in [7, 11) is 0. The predicted molar refractivity (Wildman–Crippen MR) is 63.8 cm³/mol. The molecule has 0 spiro atoms. The normalized spacial score (nSPS) is 26.5. The van der Waals surface area contributed by atoms with Gasteiger partial charge < -0.3 is 5.32 Å². The first kappa shape index (κ1) is 11.1. The Bertz CT molecular complexity index is 363. The molecule has 82 valence electrons. The Hall–Kier alpha value is -0.380. The van der Waals surface area contributed by atoms with E-state index >= 15 is 0 Å². The maximum atomic E-state index is 12.1. The molecule has 4 heteroatoms. The molecule has 1 aliphatic rings. The van der Waals surface area contributed by atoms with E-state index in [0.29, 0.717) is 10.3 Å². The van der Waals surface area contributed by atoms with Gasteiger partial charge in [-0.1, -0.05) is 18.5 Å². The predicted octanol–water partition coefficient (Wildman–Crippen LogP) is 2.83. The Kier molecular flexibility index (Phi) is 3.44. The molecule has 0 aliphatic carbocycles. The molecule has 1 N–H and O–H groups in total. The molecule has 0 radical (unpaired) electrons. The third-order valence-corrected chi connectivity index (χ3v) is 4.00. The number of nitrogens with one attached hydrogen (secondary N) is 1. The topological polar surface area (TPSA) is 29.1 Å². The highest BCUT2D eigenvalue weighted by molar-refractivity contribution is 7.18. The van der Waals surface area contributed by atoms with Gasteiger partial charge in [0.15, 0.2) is 5.78 Å². The standard InChI is InChI=1S/C11H14ClNOS/c1-7-4-8(6-13-5-7)11(14)9-2-3-10(12)15-9/h2-3,7-8,13H,4-6H2,1H3. The van der Waals surface area contributed by atoms with Crippen LogP contribution in [0.3, 0.4) is 0 Å². The Morgan fingerprint density at radius 1 is 1.53 bits per heavy atom. The summed E-state index contributed by atoms with van der Waals surface area (Å²) in [6.07, 6.45) is 0.987. The summed E-state index contributed by atoms with van der Waals surface area (Å²) in [6, 6.07) is 3.62. The third-order valence-electron chi connectivity index (χ3n) is 2.76. The van der Waals surface area contributed by atoms with Crippen molar-refractivity contribution in [3.8, 4) is 0 Å². The van der Waals surface area contributed by atoms with Gasteiger partial charge in [-0.2, -0.15) is 0 Å². The number of Topliss-reactive ketones (excluding diaryl/α,β-unsaturated/α-hetero) is 1. The van der Waals surface area contributed by atoms with Crippen molar-refractivity contribution in [3.63, 3.8) is 0 Å². The van der Waals surface area contributed by atoms with Gasteiger partial charge in [-0.15, -0.1) is 11.3 Å². The lowest BCUT2D eigenvalue weighted by Gasteiger charge is -2.26. The molecule has 1 aliphatic heterocycles. The van der Waals surface area contributed by atoms with Gasteiger partial charge in [0.1, 0.15) is 0 Å². The number of carbonyl (C=O) groups is 1. The SMILES string of the molecule is CC1CNCC(C(=O)c2ccc(Cl)s2)C1. The van der Waals surface area contributed by atoms with Crippen LogP contribution < -0.4 is 5.32 Å². The minimum atomic E-state index is 0.128. The molecule has 0 aromatic carbocycles. The lowest BCUT2D eigenvalue weighted by Crippen LogP contribution is -2.38. The zero-order valence-corrected chi connectivity index (χ0v) is 10.2. The Morgan fingerprint density at radius 2 is 2.33 bits per heavy atom. The maximum absolute atomic E-state index is 12.1. The number of thiophene rings is 1. The second kappa shape index (κ2) is 4.64. The molecule has 1 aromatic heterocycles. The first-order chi connectivity index (χ1) is 7.16. The van der Waals surface area contributed by atoms with Crippen LogP contribution in [0.1, 0.15) is 23.0 Å². The van der Waals surface area contributed by atoms with E-state index in [1.54, 1.807) is 6.07 Å². The number of piperidine rings is 1. The van der Waals surface area contributed by atoms with Crippen LogP contribution in [0.5, 0.6) is 0 Å². The van der Waals surface area contributed by atoms with E-state index in [2.05, 4.69) is 12.2 Å². The van der Waals surface area contributed by atoms with Crippen molar-refractivity contribution in [2.45, 2.75) is 13.3 Å². The second-order valence-corrected chi connectivity index (χ2v) is 5.88. The summed E-state index contributed by atoms with van der Waals surface area (Å²) in [5.74, 6) is 0.956. The van der Waals surface area contributed by atoms with Crippen LogP contribution in [0.15, 0.2) is 12.1 Å². The minimum absolute atomic E-state index is 0.128. The summed E-state index contributed by atoms with van der Waals surface area (Å²) in [5, 5.41) is 3.29. The highest BCUT2D eigenvalue weighted by Gasteiger charge is 2.26. The lowest BCUT2D eigenvalue weighted by molar-refractivity contribution is 0.0886. The van der Waals surface area contributed by atoms with Crippen molar-refractivity contribution in [2.75, 3.05) is 13.1 Å². The first-order valence-electron chi connectivity index (χ1n) is 5.17. The number of rotatable bonds is 2. The molecule has 0 saturated carbocycles. The van der Waals surface area contributed by atoms with Crippen molar-refractivity contribution in [1.82, 2.24) is 5.32 Å². The molecule has 0 bridgehead atoms. The molecule has 1 aromatic rings. The summed E-state index contributed by atoms with van der Waals surface area (Å²) in [4.78, 5) is 12.9. The Balaban J connectivity index is 2.07. The number of hydrogen-bond acceptors (Lipinski definition) is 3. The summed E-state index contributed by atoms with van der Waals surface area (Å²) >= 11 is 7.20. The van der Waals surface area contributed by atoms with Crippen molar-refractivity contribution < 1.29 is 4.79 Å². The number of ketones is 1. The van der Waals surface area contributed by atoms with Gasteiger partial charge in [0.05, 0.1) is 9.21 Å². The van der Waals surface area contributed by atoms with Crippen LogP contribution in [-0.4, -0.2) is 18.9 Å². The molecule has 2 atom stereocenters. The fourth-order valence-electron chi connectivity index (χ4n) is 2.00. The van der Waals surface area contributed by atoms with Gasteiger partial charge >= 0.3 is 0 Å². The second-order valence-electron chi connectivity index (χ2n) is 4.16. The molecule has 2 heterocycles. The van der Waals surface area contributed by atoms with E-state index in [1.165, 1.54) is 11.3 Å². The van der Waals surface area contributed by atoms with E-state index in [1.807, 2.05) is 6.07 Å². The van der Waals surface area contributed by atoms with Crippen molar-refractivity contribution in [1.29, 1.82) is 0 Å². The zero-order valence-electron chi connectivity index (χ0n) is 8.63. The summed E-state index contributed by atoms with van der Waals surface area (Å²) in [5.41, 5.74) is 0. The van der Waals surface area contributed by atoms with Crippen molar-refractivity contribution in [2.24, 2.45) is 11.8 Å². The van der Waals surface area contributed by atoms with Crippen LogP contribution >= 0.6 is 22.9 Å². The quantitative estimate of drug-likeness (QED) is 0.810. The van der Waals surface area contributed by atoms with Gasteiger partial charge in [-0.25, -0.2) is 0 Å². The van der Waals surface area contributed by atoms with Gasteiger partial charge in [0, 0.05) is 12.5 Å². The molecule has 15 heavy (non-hydrogen) atoms. The summed E-state index contributed by atoms with van der Waals surface area (Å²) in [6.45, 7) is 4.00. The van der Waals surface area contributed by atoms with E-state index in [4.69, 9.17) is 11.6 Å². The van der Waals surface area contributed by atoms with Gasteiger partial charge in [0.2, 0.25) is 0 Å². The van der Waals surface area contributed by atoms with E-state index in [-0.39, 0.29) is 11.7 Å². The van der Waals surface area contributed by atoms with Crippen LogP contribution in [0.2, 0.25) is 4.34 Å². The molecule has 1 saturated heterocycles. The Morgan fingerprint density at radius 3 is 2.93 bits per heavy atom. The summed E-state index contributed by atoms with van der Waals surface area (Å²) < 4.78 is 0.690. The first-order valence-corrected chi connectivity index (χ1v) is 6.36. The van der Waals surface area contributed by atoms with Crippen LogP contribution in [0.4, 0.5) is 0 Å². The fourth-order valence-corrected chi connectivity index (χ4v) is 3.07. The Labute approximate surface area is 98.6 Å². The highest BCUT2D eigenvalue weighted by Crippen LogP contribution is 2.27. The molecule has 2 unspecified atom stereocenters. The average molecular weight is 244 g/mol. The number of halogens is 1. The van der Waals surface area contributed by atoms with Crippen LogP contribution in [0.25, 0.3) is 0 Å². The van der Waals surface area contributed by atoms with E-state index < -0.39 is 0 Å². The number of carbonyl (C=O) groups excluding carboxylic acids is 1. The van der Waals surface area contributed by atoms with Crippen LogP contribution in [0, 0.1) is 11.8 Å². The lowest BCUT2D eigenvalue weighted by atomic mass is 9.88. The maximum Gasteiger partial charge on any atom is 0.177 e. The molecule has 2 rings (SSSR count). The molecule has 2 nitrogen and oxygen atoms in total. The fraction of sp³-hybridized carbons (Fsp3) is 0.545. The zero-order chi connectivity index (χ0) is 10.8. The smallest absolute Gasteiger partial charge is 0.177 e. The molecule has 1 fully saturated rings. The largest absolute Gasteiger partial charge is 0.316 e. The van der Waals surface area contributed by atoms with E-state index in [9.17, 15) is 4.79 Å². The third kappa shape index (κ3) is 2.60. The molecular weight excluding hydrogens is 230 g/mol. The number of hydrogen-bond donors (Lipinski definition) is 1. The highest BCUT2D eigenvalue weighted by atomic mass is 35.5. The molecule has 0 amide bonds. The van der Waals surface area contributed by atoms with E-state index in [0.717, 1.165) is 24.4 Å². The van der Waals surface area contributed by atoms with Gasteiger partial charge in [-0.3, -0.25) is 4.79 Å². The monoisotopic (exact) mass is 243 g/mol. The van der Waals surface area contributed by atoms with Crippen molar-refractivity contribution in [3.05, 3.63) is 21.3 Å². The minimum Gasteiger partial charge on any atom is -0.316 e. The molecular formula is C11H14ClNOS. The average Bonchev–Trinajstić information content (AvgIpc) is 2.64. The van der Waals surface area contributed by atoms with Crippen molar-refractivity contribution >= 4 is 28.7 Å².